The van der Waals surface area contributed by atoms with Crippen LogP contribution in [0.25, 0.3) is 0 Å². The molecule has 0 bridgehead atoms. The topological polar surface area (TPSA) is 17.1 Å². The van der Waals surface area contributed by atoms with Crippen LogP contribution in [0.3, 0.4) is 0 Å². The second-order valence-electron chi connectivity index (χ2n) is 4.82. The van der Waals surface area contributed by atoms with Crippen molar-refractivity contribution in [2.45, 2.75) is 50.3 Å². The Balaban J connectivity index is 2.33. The van der Waals surface area contributed by atoms with E-state index in [1.54, 1.807) is 0 Å². The number of Topliss-reactive ketones (excluding diaryl/α,β-unsaturated/α-hetero) is 1. The summed E-state index contributed by atoms with van der Waals surface area (Å²) in [7, 11) is 0. The first-order chi connectivity index (χ1) is 6.54. The Bertz CT molecular complexity index is 305. The highest BCUT2D eigenvalue weighted by Gasteiger charge is 2.47. The van der Waals surface area contributed by atoms with Crippen LogP contribution in [0, 0.1) is 5.92 Å². The van der Waals surface area contributed by atoms with Gasteiger partial charge in [-0.1, -0.05) is 27.1 Å². The standard InChI is InChI=1S/C12H17BrO/c1-8-6-10-4-3-5-11(14)12(10,13)7-9(8)2/h10H,3-7H2,1-2H3/t10-,12+/m0/s1. The van der Waals surface area contributed by atoms with E-state index in [4.69, 9.17) is 0 Å². The lowest BCUT2D eigenvalue weighted by molar-refractivity contribution is -0.124. The maximum atomic E-state index is 11.9. The molecular weight excluding hydrogens is 240 g/mol. The normalized spacial score (nSPS) is 38.5. The lowest BCUT2D eigenvalue weighted by Gasteiger charge is -2.42. The predicted molar refractivity (Wildman–Crippen MR) is 61.6 cm³/mol. The Morgan fingerprint density at radius 2 is 2.07 bits per heavy atom. The number of hydrogen-bond donors (Lipinski definition) is 0. The van der Waals surface area contributed by atoms with Crippen molar-refractivity contribution in [3.05, 3.63) is 11.1 Å². The summed E-state index contributed by atoms with van der Waals surface area (Å²) in [5.74, 6) is 0.980. The molecule has 2 aliphatic rings. The second-order valence-corrected chi connectivity index (χ2v) is 6.23. The Labute approximate surface area is 94.1 Å². The highest BCUT2D eigenvalue weighted by Crippen LogP contribution is 2.49. The molecule has 0 heterocycles. The first-order valence-corrected chi connectivity index (χ1v) is 6.21. The molecule has 78 valence electrons. The predicted octanol–water partition coefficient (Wildman–Crippen LogP) is 3.62. The second kappa shape index (κ2) is 3.48. The van der Waals surface area contributed by atoms with E-state index in [1.807, 2.05) is 0 Å². The molecule has 0 radical (unpaired) electrons. The molecule has 0 aromatic heterocycles. The summed E-state index contributed by atoms with van der Waals surface area (Å²) in [6.07, 6.45) is 5.12. The van der Waals surface area contributed by atoms with E-state index in [0.717, 1.165) is 25.7 Å². The number of ketones is 1. The molecule has 0 aromatic carbocycles. The first-order valence-electron chi connectivity index (χ1n) is 5.41. The van der Waals surface area contributed by atoms with Gasteiger partial charge in [0.2, 0.25) is 0 Å². The van der Waals surface area contributed by atoms with Crippen LogP contribution < -0.4 is 0 Å². The third kappa shape index (κ3) is 1.48. The first kappa shape index (κ1) is 10.4. The summed E-state index contributed by atoms with van der Waals surface area (Å²) in [4.78, 5) is 11.9. The number of fused-ring (bicyclic) bond motifs is 1. The minimum Gasteiger partial charge on any atom is -0.298 e. The molecule has 14 heavy (non-hydrogen) atoms. The number of alkyl halides is 1. The third-order valence-electron chi connectivity index (χ3n) is 3.87. The van der Waals surface area contributed by atoms with Crippen molar-refractivity contribution < 1.29 is 4.79 Å². The molecule has 0 spiro atoms. The molecule has 0 aromatic rings. The summed E-state index contributed by atoms with van der Waals surface area (Å²) in [5, 5.41) is 0. The molecule has 0 N–H and O–H groups in total. The number of halogens is 1. The summed E-state index contributed by atoms with van der Waals surface area (Å²) in [5.41, 5.74) is 2.91. The number of hydrogen-bond acceptors (Lipinski definition) is 1. The van der Waals surface area contributed by atoms with Gasteiger partial charge in [0.15, 0.2) is 0 Å². The lowest BCUT2D eigenvalue weighted by atomic mass is 9.68. The Morgan fingerprint density at radius 1 is 1.36 bits per heavy atom. The molecule has 2 rings (SSSR count). The van der Waals surface area contributed by atoms with E-state index in [1.165, 1.54) is 17.6 Å². The minimum absolute atomic E-state index is 0.200. The van der Waals surface area contributed by atoms with E-state index in [2.05, 4.69) is 29.8 Å². The van der Waals surface area contributed by atoms with Gasteiger partial charge < -0.3 is 0 Å². The molecule has 2 atom stereocenters. The zero-order chi connectivity index (χ0) is 10.3. The van der Waals surface area contributed by atoms with Crippen LogP contribution in [0.1, 0.15) is 46.0 Å². The van der Waals surface area contributed by atoms with Crippen molar-refractivity contribution >= 4 is 21.7 Å². The van der Waals surface area contributed by atoms with Crippen LogP contribution in [-0.4, -0.2) is 10.1 Å². The third-order valence-corrected chi connectivity index (χ3v) is 5.24. The zero-order valence-corrected chi connectivity index (χ0v) is 10.5. The van der Waals surface area contributed by atoms with Crippen molar-refractivity contribution in [1.29, 1.82) is 0 Å². The van der Waals surface area contributed by atoms with Crippen LogP contribution in [0.4, 0.5) is 0 Å². The maximum absolute atomic E-state index is 11.9. The van der Waals surface area contributed by atoms with E-state index >= 15 is 0 Å². The van der Waals surface area contributed by atoms with Crippen LogP contribution >= 0.6 is 15.9 Å². The van der Waals surface area contributed by atoms with Gasteiger partial charge in [-0.3, -0.25) is 4.79 Å². The Morgan fingerprint density at radius 3 is 2.79 bits per heavy atom. The van der Waals surface area contributed by atoms with Gasteiger partial charge in [0.05, 0.1) is 4.32 Å². The fourth-order valence-corrected chi connectivity index (χ4v) is 3.77. The van der Waals surface area contributed by atoms with Gasteiger partial charge in [0, 0.05) is 6.42 Å². The van der Waals surface area contributed by atoms with Crippen LogP contribution in [0.5, 0.6) is 0 Å². The number of carbonyl (C=O) groups excluding carboxylic acids is 1. The summed E-state index contributed by atoms with van der Waals surface area (Å²) < 4.78 is -0.200. The van der Waals surface area contributed by atoms with Gasteiger partial charge in [-0.2, -0.15) is 0 Å². The molecule has 0 aliphatic heterocycles. The Hall–Kier alpha value is -0.110. The maximum Gasteiger partial charge on any atom is 0.150 e. The van der Waals surface area contributed by atoms with Gasteiger partial charge >= 0.3 is 0 Å². The van der Waals surface area contributed by atoms with E-state index < -0.39 is 0 Å². The average molecular weight is 257 g/mol. The quantitative estimate of drug-likeness (QED) is 0.478. The lowest BCUT2D eigenvalue weighted by Crippen LogP contribution is -2.45. The number of rotatable bonds is 0. The molecule has 1 fully saturated rings. The molecular formula is C12H17BrO. The van der Waals surface area contributed by atoms with Crippen LogP contribution in [0.2, 0.25) is 0 Å². The van der Waals surface area contributed by atoms with Crippen molar-refractivity contribution in [1.82, 2.24) is 0 Å². The van der Waals surface area contributed by atoms with Gasteiger partial charge in [-0.25, -0.2) is 0 Å². The molecule has 0 saturated heterocycles. The van der Waals surface area contributed by atoms with Crippen molar-refractivity contribution in [3.63, 3.8) is 0 Å². The summed E-state index contributed by atoms with van der Waals surface area (Å²) >= 11 is 3.72. The van der Waals surface area contributed by atoms with Gasteiger partial charge in [0.1, 0.15) is 5.78 Å². The summed E-state index contributed by atoms with van der Waals surface area (Å²) in [6.45, 7) is 4.37. The smallest absolute Gasteiger partial charge is 0.150 e. The molecule has 1 saturated carbocycles. The van der Waals surface area contributed by atoms with Gasteiger partial charge in [-0.05, 0) is 45.4 Å². The highest BCUT2D eigenvalue weighted by molar-refractivity contribution is 9.10. The van der Waals surface area contributed by atoms with Gasteiger partial charge in [0.25, 0.3) is 0 Å². The van der Waals surface area contributed by atoms with E-state index in [0.29, 0.717) is 11.7 Å². The molecule has 2 aliphatic carbocycles. The molecule has 2 heteroatoms. The monoisotopic (exact) mass is 256 g/mol. The van der Waals surface area contributed by atoms with E-state index in [-0.39, 0.29) is 4.32 Å². The molecule has 0 amide bonds. The summed E-state index contributed by atoms with van der Waals surface area (Å²) in [6, 6.07) is 0. The molecule has 1 nitrogen and oxygen atoms in total. The number of carbonyl (C=O) groups is 1. The average Bonchev–Trinajstić information content (AvgIpc) is 2.11. The number of allylic oxidation sites excluding steroid dienone is 2. The van der Waals surface area contributed by atoms with E-state index in [9.17, 15) is 4.79 Å². The van der Waals surface area contributed by atoms with Crippen LogP contribution in [-0.2, 0) is 4.79 Å². The SMILES string of the molecule is CC1=C(C)C[C@]2(Br)C(=O)CCC[C@H]2C1. The van der Waals surface area contributed by atoms with Crippen molar-refractivity contribution in [2.24, 2.45) is 5.92 Å². The fraction of sp³-hybridized carbons (Fsp3) is 0.750. The molecule has 0 unspecified atom stereocenters. The van der Waals surface area contributed by atoms with Gasteiger partial charge in [-0.15, -0.1) is 0 Å². The van der Waals surface area contributed by atoms with Crippen LogP contribution in [0.15, 0.2) is 11.1 Å². The van der Waals surface area contributed by atoms with Crippen molar-refractivity contribution in [3.8, 4) is 0 Å². The van der Waals surface area contributed by atoms with Crippen molar-refractivity contribution in [2.75, 3.05) is 0 Å². The highest BCUT2D eigenvalue weighted by atomic mass is 79.9. The largest absolute Gasteiger partial charge is 0.298 e. The minimum atomic E-state index is -0.200. The zero-order valence-electron chi connectivity index (χ0n) is 8.90. The fourth-order valence-electron chi connectivity index (χ4n) is 2.76. The Kier molecular flexibility index (Phi) is 2.59.